The third-order valence-corrected chi connectivity index (χ3v) is 2.84. The first-order valence-corrected chi connectivity index (χ1v) is 6.54. The Bertz CT molecular complexity index is 680. The summed E-state index contributed by atoms with van der Waals surface area (Å²) in [5.74, 6) is -0.607. The number of carbonyl (C=O) groups excluding carboxylic acids is 1. The number of aromatic amines is 1. The second-order valence-electron chi connectivity index (χ2n) is 4.28. The molecule has 1 heterocycles. The van der Waals surface area contributed by atoms with Crippen molar-refractivity contribution in [3.63, 3.8) is 0 Å². The van der Waals surface area contributed by atoms with E-state index in [2.05, 4.69) is 9.97 Å². The zero-order valence-corrected chi connectivity index (χ0v) is 11.9. The van der Waals surface area contributed by atoms with E-state index in [1.165, 1.54) is 7.11 Å². The molecule has 0 aliphatic heterocycles. The lowest BCUT2D eigenvalue weighted by Crippen LogP contribution is -2.22. The molecule has 21 heavy (non-hydrogen) atoms. The Morgan fingerprint density at radius 3 is 2.62 bits per heavy atom. The zero-order valence-electron chi connectivity index (χ0n) is 11.9. The Kier molecular flexibility index (Phi) is 4.71. The third-order valence-electron chi connectivity index (χ3n) is 2.84. The first-order valence-electron chi connectivity index (χ1n) is 6.54. The molecule has 6 heteroatoms. The number of hydrogen-bond donors (Lipinski definition) is 1. The Balaban J connectivity index is 2.37. The number of H-pyrrole nitrogens is 1. The Labute approximate surface area is 121 Å². The van der Waals surface area contributed by atoms with E-state index in [1.807, 2.05) is 30.3 Å². The predicted octanol–water partition coefficient (Wildman–Crippen LogP) is 1.55. The van der Waals surface area contributed by atoms with Gasteiger partial charge in [-0.05, 0) is 12.5 Å². The van der Waals surface area contributed by atoms with Gasteiger partial charge in [0.2, 0.25) is 5.88 Å². The highest BCUT2D eigenvalue weighted by atomic mass is 16.5. The maximum atomic E-state index is 12.0. The largest absolute Gasteiger partial charge is 0.479 e. The number of ether oxygens (including phenoxy) is 2. The van der Waals surface area contributed by atoms with E-state index in [0.717, 1.165) is 5.56 Å². The van der Waals surface area contributed by atoms with Crippen molar-refractivity contribution in [1.29, 1.82) is 0 Å². The van der Waals surface area contributed by atoms with Gasteiger partial charge in [0.05, 0.1) is 13.7 Å². The molecule has 6 nitrogen and oxygen atoms in total. The van der Waals surface area contributed by atoms with Gasteiger partial charge in [-0.2, -0.15) is 0 Å². The fourth-order valence-electron chi connectivity index (χ4n) is 1.87. The molecule has 0 fully saturated rings. The van der Waals surface area contributed by atoms with E-state index in [9.17, 15) is 9.59 Å². The molecule has 0 amide bonds. The molecular weight excluding hydrogens is 272 g/mol. The summed E-state index contributed by atoms with van der Waals surface area (Å²) in [5, 5.41) is 0. The second-order valence-corrected chi connectivity index (χ2v) is 4.28. The lowest BCUT2D eigenvalue weighted by atomic mass is 10.1. The molecule has 0 bridgehead atoms. The van der Waals surface area contributed by atoms with Crippen LogP contribution in [-0.4, -0.2) is 29.7 Å². The summed E-state index contributed by atoms with van der Waals surface area (Å²) >= 11 is 0. The van der Waals surface area contributed by atoms with Crippen LogP contribution in [0, 0.1) is 0 Å². The van der Waals surface area contributed by atoms with Crippen molar-refractivity contribution in [2.45, 2.75) is 13.3 Å². The topological polar surface area (TPSA) is 81.3 Å². The van der Waals surface area contributed by atoms with Crippen LogP contribution in [0.2, 0.25) is 0 Å². The summed E-state index contributed by atoms with van der Waals surface area (Å²) in [6.07, 6.45) is 0.357. The minimum atomic E-state index is -0.662. The Morgan fingerprint density at radius 2 is 2.00 bits per heavy atom. The number of methoxy groups -OCH3 is 1. The van der Waals surface area contributed by atoms with Crippen molar-refractivity contribution < 1.29 is 14.3 Å². The first-order chi connectivity index (χ1) is 10.2. The fourth-order valence-corrected chi connectivity index (χ4v) is 1.87. The van der Waals surface area contributed by atoms with Gasteiger partial charge in [0.25, 0.3) is 5.56 Å². The summed E-state index contributed by atoms with van der Waals surface area (Å²) in [7, 11) is 1.38. The summed E-state index contributed by atoms with van der Waals surface area (Å²) in [6.45, 7) is 1.88. The quantitative estimate of drug-likeness (QED) is 0.844. The molecule has 110 valence electrons. The van der Waals surface area contributed by atoms with Gasteiger partial charge in [-0.25, -0.2) is 9.78 Å². The molecule has 0 spiro atoms. The number of esters is 1. The molecule has 0 unspecified atom stereocenters. The highest BCUT2D eigenvalue weighted by Crippen LogP contribution is 2.13. The minimum absolute atomic E-state index is 0.0546. The van der Waals surface area contributed by atoms with E-state index in [-0.39, 0.29) is 23.9 Å². The highest BCUT2D eigenvalue weighted by molar-refractivity contribution is 5.89. The van der Waals surface area contributed by atoms with Crippen LogP contribution >= 0.6 is 0 Å². The molecule has 1 N–H and O–H groups in total. The van der Waals surface area contributed by atoms with Gasteiger partial charge >= 0.3 is 5.97 Å². The van der Waals surface area contributed by atoms with Crippen LogP contribution in [0.3, 0.4) is 0 Å². The number of aromatic nitrogens is 2. The third kappa shape index (κ3) is 3.47. The van der Waals surface area contributed by atoms with Gasteiger partial charge in [0.15, 0.2) is 5.69 Å². The van der Waals surface area contributed by atoms with Crippen molar-refractivity contribution in [1.82, 2.24) is 9.97 Å². The summed E-state index contributed by atoms with van der Waals surface area (Å²) < 4.78 is 9.92. The van der Waals surface area contributed by atoms with Crippen molar-refractivity contribution in [3.8, 4) is 5.88 Å². The van der Waals surface area contributed by atoms with E-state index in [0.29, 0.717) is 6.42 Å². The molecule has 0 saturated heterocycles. The van der Waals surface area contributed by atoms with Crippen LogP contribution in [0.25, 0.3) is 0 Å². The number of nitrogens with one attached hydrogen (secondary N) is 1. The molecule has 1 aromatic carbocycles. The smallest absolute Gasteiger partial charge is 0.360 e. The number of nitrogens with zero attached hydrogens (tertiary/aromatic N) is 1. The van der Waals surface area contributed by atoms with E-state index in [1.54, 1.807) is 6.92 Å². The minimum Gasteiger partial charge on any atom is -0.479 e. The Morgan fingerprint density at radius 1 is 1.29 bits per heavy atom. The molecule has 0 radical (unpaired) electrons. The van der Waals surface area contributed by atoms with Gasteiger partial charge in [0.1, 0.15) is 5.69 Å². The standard InChI is InChI=1S/C15H16N2O4/c1-3-21-15(19)12-14(20-2)16-11(13(18)17-12)9-10-7-5-4-6-8-10/h4-8H,3,9H2,1-2H3,(H,17,18). The van der Waals surface area contributed by atoms with Crippen molar-refractivity contribution >= 4 is 5.97 Å². The SMILES string of the molecule is CCOC(=O)c1[nH]c(=O)c(Cc2ccccc2)nc1OC. The van der Waals surface area contributed by atoms with Crippen LogP contribution in [-0.2, 0) is 11.2 Å². The van der Waals surface area contributed by atoms with Crippen LogP contribution in [0.5, 0.6) is 5.88 Å². The van der Waals surface area contributed by atoms with E-state index < -0.39 is 11.5 Å². The molecular formula is C15H16N2O4. The van der Waals surface area contributed by atoms with Gasteiger partial charge < -0.3 is 14.5 Å². The summed E-state index contributed by atoms with van der Waals surface area (Å²) in [6, 6.07) is 9.45. The molecule has 0 atom stereocenters. The Hall–Kier alpha value is -2.63. The van der Waals surface area contributed by atoms with E-state index in [4.69, 9.17) is 9.47 Å². The van der Waals surface area contributed by atoms with E-state index >= 15 is 0 Å². The van der Waals surface area contributed by atoms with Gasteiger partial charge in [-0.15, -0.1) is 0 Å². The molecule has 0 saturated carbocycles. The second kappa shape index (κ2) is 6.69. The molecule has 0 aliphatic rings. The fraction of sp³-hybridized carbons (Fsp3) is 0.267. The highest BCUT2D eigenvalue weighted by Gasteiger charge is 2.18. The number of hydrogen-bond acceptors (Lipinski definition) is 5. The molecule has 1 aromatic heterocycles. The van der Waals surface area contributed by atoms with Gasteiger partial charge in [-0.1, -0.05) is 30.3 Å². The lowest BCUT2D eigenvalue weighted by Gasteiger charge is -2.08. The van der Waals surface area contributed by atoms with Crippen LogP contribution < -0.4 is 10.3 Å². The van der Waals surface area contributed by atoms with Crippen LogP contribution in [0.15, 0.2) is 35.1 Å². The normalized spacial score (nSPS) is 10.2. The van der Waals surface area contributed by atoms with Crippen LogP contribution in [0.4, 0.5) is 0 Å². The maximum absolute atomic E-state index is 12.0. The van der Waals surface area contributed by atoms with Crippen LogP contribution in [0.1, 0.15) is 28.7 Å². The van der Waals surface area contributed by atoms with Gasteiger partial charge in [0, 0.05) is 6.42 Å². The summed E-state index contributed by atoms with van der Waals surface area (Å²) in [4.78, 5) is 30.4. The van der Waals surface area contributed by atoms with Crippen molar-refractivity contribution in [2.24, 2.45) is 0 Å². The summed E-state index contributed by atoms with van der Waals surface area (Å²) in [5.41, 5.74) is 0.733. The molecule has 2 rings (SSSR count). The average molecular weight is 288 g/mol. The predicted molar refractivity (Wildman–Crippen MR) is 76.6 cm³/mol. The van der Waals surface area contributed by atoms with Crippen molar-refractivity contribution in [2.75, 3.05) is 13.7 Å². The number of rotatable bonds is 5. The molecule has 0 aliphatic carbocycles. The first kappa shape index (κ1) is 14.8. The maximum Gasteiger partial charge on any atom is 0.360 e. The number of carbonyl (C=O) groups is 1. The number of benzene rings is 1. The van der Waals surface area contributed by atoms with Gasteiger partial charge in [-0.3, -0.25) is 4.79 Å². The monoisotopic (exact) mass is 288 g/mol. The molecule has 2 aromatic rings. The zero-order chi connectivity index (χ0) is 15.2. The van der Waals surface area contributed by atoms with Crippen molar-refractivity contribution in [3.05, 3.63) is 57.6 Å². The average Bonchev–Trinajstić information content (AvgIpc) is 2.50. The lowest BCUT2D eigenvalue weighted by molar-refractivity contribution is 0.0514.